The van der Waals surface area contributed by atoms with Gasteiger partial charge in [-0.05, 0) is 20.8 Å². The Labute approximate surface area is 66.9 Å². The second kappa shape index (κ2) is 5.49. The van der Waals surface area contributed by atoms with Gasteiger partial charge >= 0.3 is 0 Å². The van der Waals surface area contributed by atoms with Crippen LogP contribution in [0, 0.1) is 0 Å². The zero-order chi connectivity index (χ0) is 8.74. The van der Waals surface area contributed by atoms with E-state index in [1.807, 2.05) is 20.8 Å². The molecule has 0 saturated carbocycles. The Hall–Kier alpha value is -0.160. The summed E-state index contributed by atoms with van der Waals surface area (Å²) in [5, 5.41) is 7.93. The maximum absolute atomic E-state index is 7.93. The van der Waals surface area contributed by atoms with Gasteiger partial charge in [-0.15, -0.1) is 0 Å². The molecule has 0 fully saturated rings. The maximum atomic E-state index is 7.93. The van der Waals surface area contributed by atoms with E-state index in [0.29, 0.717) is 13.0 Å². The molecular weight excluding hydrogens is 148 g/mol. The molecular formula is C7H16O4. The van der Waals surface area contributed by atoms with Gasteiger partial charge in [-0.25, -0.2) is 14.7 Å². The van der Waals surface area contributed by atoms with Crippen molar-refractivity contribution in [3.8, 4) is 0 Å². The van der Waals surface area contributed by atoms with Gasteiger partial charge in [0, 0.05) is 6.42 Å². The van der Waals surface area contributed by atoms with Gasteiger partial charge in [-0.3, -0.25) is 5.26 Å². The quantitative estimate of drug-likeness (QED) is 0.381. The van der Waals surface area contributed by atoms with Gasteiger partial charge in [0.1, 0.15) is 0 Å². The lowest BCUT2D eigenvalue weighted by Crippen LogP contribution is -2.19. The van der Waals surface area contributed by atoms with E-state index in [1.54, 1.807) is 0 Å². The normalized spacial score (nSPS) is 12.0. The first kappa shape index (κ1) is 10.8. The molecule has 0 atom stereocenters. The molecule has 0 aliphatic rings. The first-order valence-electron chi connectivity index (χ1n) is 3.63. The summed E-state index contributed by atoms with van der Waals surface area (Å²) in [6, 6.07) is 0. The van der Waals surface area contributed by atoms with Crippen LogP contribution < -0.4 is 0 Å². The van der Waals surface area contributed by atoms with E-state index >= 15 is 0 Å². The molecule has 0 amide bonds. The van der Waals surface area contributed by atoms with Crippen molar-refractivity contribution < 1.29 is 19.9 Å². The number of hydrogen-bond donors (Lipinski definition) is 1. The molecule has 0 aromatic heterocycles. The molecule has 0 radical (unpaired) electrons. The Kier molecular flexibility index (Phi) is 5.41. The van der Waals surface area contributed by atoms with Crippen molar-refractivity contribution >= 4 is 0 Å². The second-order valence-corrected chi connectivity index (χ2v) is 3.20. The summed E-state index contributed by atoms with van der Waals surface area (Å²) in [5.74, 6) is 0. The van der Waals surface area contributed by atoms with Crippen LogP contribution in [0.3, 0.4) is 0 Å². The van der Waals surface area contributed by atoms with Gasteiger partial charge in [0.2, 0.25) is 0 Å². The Balaban J connectivity index is 3.02. The predicted octanol–water partition coefficient (Wildman–Crippen LogP) is 1.61. The monoisotopic (exact) mass is 164 g/mol. The SMILES string of the molecule is CC(C)(C)OOCCCOO. The van der Waals surface area contributed by atoms with Crippen LogP contribution in [0.5, 0.6) is 0 Å². The molecule has 0 heterocycles. The summed E-state index contributed by atoms with van der Waals surface area (Å²) in [5.41, 5.74) is -0.278. The van der Waals surface area contributed by atoms with Crippen LogP contribution in [-0.4, -0.2) is 24.1 Å². The van der Waals surface area contributed by atoms with E-state index in [4.69, 9.17) is 15.0 Å². The minimum Gasteiger partial charge on any atom is -0.252 e. The number of hydrogen-bond acceptors (Lipinski definition) is 4. The molecule has 0 aliphatic carbocycles. The standard InChI is InChI=1S/C7H16O4/c1-7(2,3)11-10-6-4-5-9-8/h8H,4-6H2,1-3H3. The highest BCUT2D eigenvalue weighted by Gasteiger charge is 2.10. The Morgan fingerprint density at radius 3 is 2.27 bits per heavy atom. The first-order chi connectivity index (χ1) is 5.06. The van der Waals surface area contributed by atoms with Crippen molar-refractivity contribution in [1.29, 1.82) is 0 Å². The average Bonchev–Trinajstić information content (AvgIpc) is 1.85. The maximum Gasteiger partial charge on any atom is 0.0952 e. The molecule has 4 nitrogen and oxygen atoms in total. The van der Waals surface area contributed by atoms with Crippen molar-refractivity contribution in [2.45, 2.75) is 32.8 Å². The summed E-state index contributed by atoms with van der Waals surface area (Å²) in [6.07, 6.45) is 0.618. The van der Waals surface area contributed by atoms with Gasteiger partial charge < -0.3 is 0 Å². The third-order valence-electron chi connectivity index (χ3n) is 0.772. The first-order valence-corrected chi connectivity index (χ1v) is 3.63. The molecule has 0 aromatic rings. The molecule has 0 rings (SSSR count). The fourth-order valence-corrected chi connectivity index (χ4v) is 0.401. The summed E-state index contributed by atoms with van der Waals surface area (Å²) in [6.45, 7) is 6.39. The highest BCUT2D eigenvalue weighted by Crippen LogP contribution is 2.06. The van der Waals surface area contributed by atoms with Crippen molar-refractivity contribution in [2.75, 3.05) is 13.2 Å². The lowest BCUT2D eigenvalue weighted by Gasteiger charge is -2.17. The molecule has 11 heavy (non-hydrogen) atoms. The highest BCUT2D eigenvalue weighted by molar-refractivity contribution is 4.54. The van der Waals surface area contributed by atoms with Crippen molar-refractivity contribution in [3.05, 3.63) is 0 Å². The third-order valence-corrected chi connectivity index (χ3v) is 0.772. The summed E-state index contributed by atoms with van der Waals surface area (Å²) in [4.78, 5) is 13.6. The van der Waals surface area contributed by atoms with Gasteiger partial charge in [-0.2, -0.15) is 0 Å². The lowest BCUT2D eigenvalue weighted by atomic mass is 10.2. The molecule has 0 saturated heterocycles. The van der Waals surface area contributed by atoms with Crippen molar-refractivity contribution in [2.24, 2.45) is 0 Å². The fraction of sp³-hybridized carbons (Fsp3) is 1.00. The zero-order valence-corrected chi connectivity index (χ0v) is 7.29. The molecule has 1 N–H and O–H groups in total. The molecule has 0 unspecified atom stereocenters. The third kappa shape index (κ3) is 9.84. The molecule has 0 aromatic carbocycles. The number of rotatable bonds is 5. The summed E-state index contributed by atoms with van der Waals surface area (Å²) in [7, 11) is 0. The van der Waals surface area contributed by atoms with Crippen LogP contribution in [0.25, 0.3) is 0 Å². The summed E-state index contributed by atoms with van der Waals surface area (Å²) < 4.78 is 0. The van der Waals surface area contributed by atoms with Crippen LogP contribution in [0.2, 0.25) is 0 Å². The predicted molar refractivity (Wildman–Crippen MR) is 40.0 cm³/mol. The Morgan fingerprint density at radius 2 is 1.82 bits per heavy atom. The van der Waals surface area contributed by atoms with Crippen molar-refractivity contribution in [1.82, 2.24) is 0 Å². The largest absolute Gasteiger partial charge is 0.252 e. The van der Waals surface area contributed by atoms with E-state index in [0.717, 1.165) is 0 Å². The Morgan fingerprint density at radius 1 is 1.18 bits per heavy atom. The fourth-order valence-electron chi connectivity index (χ4n) is 0.401. The van der Waals surface area contributed by atoms with Crippen LogP contribution >= 0.6 is 0 Å². The van der Waals surface area contributed by atoms with Gasteiger partial charge in [-0.1, -0.05) is 0 Å². The minimum atomic E-state index is -0.278. The second-order valence-electron chi connectivity index (χ2n) is 3.20. The van der Waals surface area contributed by atoms with E-state index in [-0.39, 0.29) is 12.2 Å². The molecule has 0 aliphatic heterocycles. The van der Waals surface area contributed by atoms with Gasteiger partial charge in [0.25, 0.3) is 0 Å². The lowest BCUT2D eigenvalue weighted by molar-refractivity contribution is -0.351. The molecule has 0 spiro atoms. The van der Waals surface area contributed by atoms with Crippen LogP contribution in [0.1, 0.15) is 27.2 Å². The molecule has 68 valence electrons. The van der Waals surface area contributed by atoms with Crippen molar-refractivity contribution in [3.63, 3.8) is 0 Å². The average molecular weight is 164 g/mol. The topological polar surface area (TPSA) is 47.9 Å². The zero-order valence-electron chi connectivity index (χ0n) is 7.29. The Bertz CT molecular complexity index is 86.9. The van der Waals surface area contributed by atoms with E-state index in [9.17, 15) is 0 Å². The van der Waals surface area contributed by atoms with Gasteiger partial charge in [0.15, 0.2) is 0 Å². The molecule has 4 heteroatoms. The minimum absolute atomic E-state index is 0.271. The van der Waals surface area contributed by atoms with Gasteiger partial charge in [0.05, 0.1) is 18.8 Å². The summed E-state index contributed by atoms with van der Waals surface area (Å²) >= 11 is 0. The smallest absolute Gasteiger partial charge is 0.0952 e. The molecule has 0 bridgehead atoms. The van der Waals surface area contributed by atoms with E-state index in [2.05, 4.69) is 4.89 Å². The van der Waals surface area contributed by atoms with Crippen LogP contribution in [0.4, 0.5) is 0 Å². The van der Waals surface area contributed by atoms with Crippen LogP contribution in [0.15, 0.2) is 0 Å². The van der Waals surface area contributed by atoms with E-state index in [1.165, 1.54) is 0 Å². The highest BCUT2D eigenvalue weighted by atomic mass is 17.2. The van der Waals surface area contributed by atoms with Crippen LogP contribution in [-0.2, 0) is 14.7 Å². The van der Waals surface area contributed by atoms with E-state index < -0.39 is 0 Å².